The molecule has 1 saturated heterocycles. The van der Waals surface area contributed by atoms with Gasteiger partial charge in [0, 0.05) is 27.8 Å². The number of halogens is 1. The first-order chi connectivity index (χ1) is 19.9. The van der Waals surface area contributed by atoms with Crippen molar-refractivity contribution in [1.29, 1.82) is 0 Å². The average Bonchev–Trinajstić information content (AvgIpc) is 3.70. The van der Waals surface area contributed by atoms with Crippen LogP contribution in [0.1, 0.15) is 47.4 Å². The summed E-state index contributed by atoms with van der Waals surface area (Å²) >= 11 is 7.70. The topological polar surface area (TPSA) is 72.9 Å². The highest BCUT2D eigenvalue weighted by atomic mass is 35.5. The molecule has 41 heavy (non-hydrogen) atoms. The molecule has 1 aliphatic carbocycles. The number of anilines is 1. The van der Waals surface area contributed by atoms with Crippen LogP contribution in [0.3, 0.4) is 0 Å². The number of fused-ring (bicyclic) bond motifs is 5. The number of ketones is 3. The number of methoxy groups -OCH3 is 2. The molecule has 3 aliphatic rings. The SMILES string of the molecule is COc1ccc([C@@H]2[C@H](C(=O)c3cccs3)N3c4ccc(Cl)cc4C=C[C@H]3C23C(=O)c2ccccc2C3=O)cc1OC. The van der Waals surface area contributed by atoms with E-state index in [0.717, 1.165) is 11.3 Å². The molecule has 7 rings (SSSR count). The molecule has 0 N–H and O–H groups in total. The highest BCUT2D eigenvalue weighted by molar-refractivity contribution is 7.12. The van der Waals surface area contributed by atoms with Gasteiger partial charge in [0.25, 0.3) is 0 Å². The van der Waals surface area contributed by atoms with Crippen molar-refractivity contribution in [3.63, 3.8) is 0 Å². The van der Waals surface area contributed by atoms with E-state index < -0.39 is 23.4 Å². The molecule has 1 spiro atoms. The van der Waals surface area contributed by atoms with Crippen LogP contribution in [-0.4, -0.2) is 43.7 Å². The van der Waals surface area contributed by atoms with Gasteiger partial charge in [-0.25, -0.2) is 0 Å². The molecule has 2 aliphatic heterocycles. The Balaban J connectivity index is 1.56. The van der Waals surface area contributed by atoms with Gasteiger partial charge in [0.1, 0.15) is 11.5 Å². The first-order valence-corrected chi connectivity index (χ1v) is 14.4. The number of carbonyl (C=O) groups excluding carboxylic acids is 3. The Hall–Kier alpha value is -4.20. The lowest BCUT2D eigenvalue weighted by Gasteiger charge is -2.37. The molecule has 0 unspecified atom stereocenters. The molecule has 0 saturated carbocycles. The molecular weight excluding hydrogens is 558 g/mol. The Labute approximate surface area is 245 Å². The molecule has 3 heterocycles. The van der Waals surface area contributed by atoms with E-state index in [-0.39, 0.29) is 17.3 Å². The van der Waals surface area contributed by atoms with Crippen LogP contribution >= 0.6 is 22.9 Å². The summed E-state index contributed by atoms with van der Waals surface area (Å²) in [6.45, 7) is 0. The monoisotopic (exact) mass is 581 g/mol. The maximum Gasteiger partial charge on any atom is 0.195 e. The van der Waals surface area contributed by atoms with E-state index in [1.54, 1.807) is 55.6 Å². The predicted octanol–water partition coefficient (Wildman–Crippen LogP) is 6.74. The zero-order chi connectivity index (χ0) is 28.5. The number of Topliss-reactive ketones (excluding diaryl/α,β-unsaturated/α-hetero) is 3. The number of hydrogen-bond donors (Lipinski definition) is 0. The Morgan fingerprint density at radius 1 is 0.902 bits per heavy atom. The van der Waals surface area contributed by atoms with Crippen LogP contribution in [0, 0.1) is 5.41 Å². The molecule has 204 valence electrons. The van der Waals surface area contributed by atoms with Crippen LogP contribution in [0.5, 0.6) is 11.5 Å². The highest BCUT2D eigenvalue weighted by Gasteiger charge is 2.71. The summed E-state index contributed by atoms with van der Waals surface area (Å²) in [6, 6.07) is 19.8. The van der Waals surface area contributed by atoms with Crippen molar-refractivity contribution in [3.05, 3.63) is 116 Å². The van der Waals surface area contributed by atoms with Gasteiger partial charge in [-0.05, 0) is 52.9 Å². The number of ether oxygens (including phenoxy) is 2. The molecule has 3 atom stereocenters. The molecule has 0 bridgehead atoms. The highest BCUT2D eigenvalue weighted by Crippen LogP contribution is 2.61. The second-order valence-electron chi connectivity index (χ2n) is 10.4. The van der Waals surface area contributed by atoms with Gasteiger partial charge < -0.3 is 14.4 Å². The average molecular weight is 582 g/mol. The molecule has 3 aromatic carbocycles. The minimum absolute atomic E-state index is 0.158. The standard InChI is InChI=1S/C33H24ClNO5S/c1-39-24-13-9-19(17-25(24)40-2)28-29(30(36)26-8-5-15-41-26)35-23-12-11-20(34)16-18(23)10-14-27(35)33(28)31(37)21-6-3-4-7-22(21)32(33)38/h3-17,27-29H,1-2H3/t27-,28+,29+/m0/s1. The van der Waals surface area contributed by atoms with Crippen molar-refractivity contribution in [1.82, 2.24) is 0 Å². The lowest BCUT2D eigenvalue weighted by atomic mass is 9.64. The van der Waals surface area contributed by atoms with Gasteiger partial charge in [-0.2, -0.15) is 0 Å². The smallest absolute Gasteiger partial charge is 0.195 e. The number of nitrogens with zero attached hydrogens (tertiary/aromatic N) is 1. The van der Waals surface area contributed by atoms with Crippen molar-refractivity contribution in [2.24, 2.45) is 5.41 Å². The molecular formula is C33H24ClNO5S. The van der Waals surface area contributed by atoms with E-state index in [2.05, 4.69) is 0 Å². The third-order valence-electron chi connectivity index (χ3n) is 8.57. The maximum atomic E-state index is 14.7. The minimum atomic E-state index is -1.59. The zero-order valence-electron chi connectivity index (χ0n) is 22.2. The minimum Gasteiger partial charge on any atom is -0.493 e. The lowest BCUT2D eigenvalue weighted by Crippen LogP contribution is -2.48. The van der Waals surface area contributed by atoms with Crippen LogP contribution in [0.4, 0.5) is 5.69 Å². The first kappa shape index (κ1) is 25.7. The van der Waals surface area contributed by atoms with Gasteiger partial charge in [-0.3, -0.25) is 14.4 Å². The molecule has 1 fully saturated rings. The van der Waals surface area contributed by atoms with Gasteiger partial charge in [0.05, 0.1) is 25.1 Å². The second-order valence-corrected chi connectivity index (χ2v) is 11.7. The van der Waals surface area contributed by atoms with Crippen LogP contribution < -0.4 is 14.4 Å². The van der Waals surface area contributed by atoms with E-state index in [4.69, 9.17) is 21.1 Å². The van der Waals surface area contributed by atoms with Crippen molar-refractivity contribution in [2.45, 2.75) is 18.0 Å². The van der Waals surface area contributed by atoms with Gasteiger partial charge in [-0.15, -0.1) is 11.3 Å². The predicted molar refractivity (Wildman–Crippen MR) is 159 cm³/mol. The fraction of sp³-hybridized carbons (Fsp3) is 0.182. The number of thiophene rings is 1. The number of benzene rings is 3. The van der Waals surface area contributed by atoms with Gasteiger partial charge in [-0.1, -0.05) is 60.2 Å². The summed E-state index contributed by atoms with van der Waals surface area (Å²) in [5.74, 6) is -0.595. The van der Waals surface area contributed by atoms with Crippen LogP contribution in [0.2, 0.25) is 5.02 Å². The summed E-state index contributed by atoms with van der Waals surface area (Å²) in [5.41, 5.74) is 1.37. The zero-order valence-corrected chi connectivity index (χ0v) is 23.7. The normalized spacial score (nSPS) is 21.5. The van der Waals surface area contributed by atoms with E-state index in [1.807, 2.05) is 46.7 Å². The molecule has 8 heteroatoms. The van der Waals surface area contributed by atoms with E-state index in [9.17, 15) is 14.4 Å². The van der Waals surface area contributed by atoms with Crippen LogP contribution in [0.25, 0.3) is 6.08 Å². The summed E-state index contributed by atoms with van der Waals surface area (Å²) in [5, 5.41) is 2.41. The van der Waals surface area contributed by atoms with Crippen LogP contribution in [-0.2, 0) is 0 Å². The third kappa shape index (κ3) is 3.46. The fourth-order valence-electron chi connectivity index (χ4n) is 6.93. The van der Waals surface area contributed by atoms with E-state index in [1.165, 1.54) is 18.4 Å². The van der Waals surface area contributed by atoms with E-state index >= 15 is 0 Å². The van der Waals surface area contributed by atoms with Crippen LogP contribution in [0.15, 0.2) is 84.3 Å². The second kappa shape index (κ2) is 9.43. The molecule has 6 nitrogen and oxygen atoms in total. The summed E-state index contributed by atoms with van der Waals surface area (Å²) in [4.78, 5) is 46.5. The van der Waals surface area contributed by atoms with Crippen molar-refractivity contribution in [2.75, 3.05) is 19.1 Å². The largest absolute Gasteiger partial charge is 0.493 e. The first-order valence-electron chi connectivity index (χ1n) is 13.2. The Morgan fingerprint density at radius 3 is 2.29 bits per heavy atom. The van der Waals surface area contributed by atoms with E-state index in [0.29, 0.717) is 38.1 Å². The van der Waals surface area contributed by atoms with Gasteiger partial charge in [0.2, 0.25) is 0 Å². The maximum absolute atomic E-state index is 14.7. The molecule has 0 amide bonds. The third-order valence-corrected chi connectivity index (χ3v) is 9.68. The summed E-state index contributed by atoms with van der Waals surface area (Å²) < 4.78 is 11.1. The van der Waals surface area contributed by atoms with Gasteiger partial charge >= 0.3 is 0 Å². The fourth-order valence-corrected chi connectivity index (χ4v) is 7.81. The summed E-state index contributed by atoms with van der Waals surface area (Å²) in [6.07, 6.45) is 3.78. The number of rotatable bonds is 5. The Morgan fingerprint density at radius 2 is 1.63 bits per heavy atom. The van der Waals surface area contributed by atoms with Crippen molar-refractivity contribution >= 4 is 52.1 Å². The molecule has 1 aromatic heterocycles. The Kier molecular flexibility index (Phi) is 5.92. The van der Waals surface area contributed by atoms with Crippen molar-refractivity contribution in [3.8, 4) is 11.5 Å². The van der Waals surface area contributed by atoms with Gasteiger partial charge in [0.15, 0.2) is 28.8 Å². The number of hydrogen-bond acceptors (Lipinski definition) is 7. The van der Waals surface area contributed by atoms with Crippen molar-refractivity contribution < 1.29 is 23.9 Å². The quantitative estimate of drug-likeness (QED) is 0.192. The Bertz CT molecular complexity index is 1740. The molecule has 0 radical (unpaired) electrons. The lowest BCUT2D eigenvalue weighted by molar-refractivity contribution is 0.0666. The summed E-state index contributed by atoms with van der Waals surface area (Å²) in [7, 11) is 3.08. The molecule has 4 aromatic rings. The number of carbonyl (C=O) groups is 3.